The lowest BCUT2D eigenvalue weighted by atomic mass is 9.79. The van der Waals surface area contributed by atoms with Crippen molar-refractivity contribution in [1.29, 1.82) is 0 Å². The van der Waals surface area contributed by atoms with Crippen molar-refractivity contribution in [1.82, 2.24) is 0 Å². The number of phenolic OH excluding ortho intramolecular Hbond substituents is 1. The highest BCUT2D eigenvalue weighted by Crippen LogP contribution is 2.31. The number of aliphatic carboxylic acids is 1. The van der Waals surface area contributed by atoms with Crippen molar-refractivity contribution in [2.75, 3.05) is 0 Å². The summed E-state index contributed by atoms with van der Waals surface area (Å²) in [4.78, 5) is 22.9. The van der Waals surface area contributed by atoms with Crippen LogP contribution in [0.25, 0.3) is 6.08 Å². The summed E-state index contributed by atoms with van der Waals surface area (Å²) >= 11 is 0. The van der Waals surface area contributed by atoms with Crippen LogP contribution >= 0.6 is 0 Å². The number of phenols is 1. The Bertz CT molecular complexity index is 638. The molecule has 0 aliphatic heterocycles. The van der Waals surface area contributed by atoms with Gasteiger partial charge >= 0.3 is 11.9 Å². The molecular formula is C16H18O8. The van der Waals surface area contributed by atoms with Crippen molar-refractivity contribution in [2.24, 2.45) is 0 Å². The first-order chi connectivity index (χ1) is 11.2. The number of aliphatic hydroxyl groups is 3. The van der Waals surface area contributed by atoms with Gasteiger partial charge in [-0.15, -0.1) is 0 Å². The normalized spacial score (nSPS) is 30.2. The average molecular weight is 338 g/mol. The van der Waals surface area contributed by atoms with E-state index in [4.69, 9.17) is 14.9 Å². The molecule has 1 saturated carbocycles. The van der Waals surface area contributed by atoms with Crippen molar-refractivity contribution in [2.45, 2.75) is 36.8 Å². The number of carbonyl (C=O) groups excluding carboxylic acids is 1. The van der Waals surface area contributed by atoms with Crippen LogP contribution in [0.15, 0.2) is 30.3 Å². The van der Waals surface area contributed by atoms with E-state index >= 15 is 0 Å². The number of hydrogen-bond acceptors (Lipinski definition) is 7. The molecule has 4 unspecified atom stereocenters. The van der Waals surface area contributed by atoms with Gasteiger partial charge in [0.2, 0.25) is 0 Å². The first-order valence-corrected chi connectivity index (χ1v) is 7.21. The van der Waals surface area contributed by atoms with Crippen LogP contribution in [0.3, 0.4) is 0 Å². The number of carbonyl (C=O) groups is 2. The number of carboxylic acid groups (broad SMARTS) is 1. The van der Waals surface area contributed by atoms with Gasteiger partial charge in [0.05, 0.1) is 6.10 Å². The maximum Gasteiger partial charge on any atom is 0.335 e. The lowest BCUT2D eigenvalue weighted by Crippen LogP contribution is -2.57. The summed E-state index contributed by atoms with van der Waals surface area (Å²) in [7, 11) is 0. The molecule has 130 valence electrons. The molecule has 4 atom stereocenters. The van der Waals surface area contributed by atoms with Crippen LogP contribution in [0.5, 0.6) is 5.75 Å². The molecule has 0 bridgehead atoms. The van der Waals surface area contributed by atoms with E-state index in [2.05, 4.69) is 0 Å². The Morgan fingerprint density at radius 3 is 2.38 bits per heavy atom. The van der Waals surface area contributed by atoms with Gasteiger partial charge in [-0.05, 0) is 23.8 Å². The van der Waals surface area contributed by atoms with E-state index in [1.807, 2.05) is 0 Å². The first-order valence-electron chi connectivity index (χ1n) is 7.21. The summed E-state index contributed by atoms with van der Waals surface area (Å²) in [6.45, 7) is 0. The number of hydrogen-bond donors (Lipinski definition) is 5. The Hall–Kier alpha value is -2.42. The van der Waals surface area contributed by atoms with Crippen LogP contribution in [-0.2, 0) is 14.3 Å². The third kappa shape index (κ3) is 4.10. The highest BCUT2D eigenvalue weighted by atomic mass is 16.6. The van der Waals surface area contributed by atoms with E-state index in [1.165, 1.54) is 18.2 Å². The molecule has 24 heavy (non-hydrogen) atoms. The lowest BCUT2D eigenvalue weighted by molar-refractivity contribution is -0.196. The SMILES string of the molecule is O=C(/C=C/c1ccc(O)cc1)OC1CC(O)(C(=O)O)CC(O)C1O. The van der Waals surface area contributed by atoms with Crippen LogP contribution < -0.4 is 0 Å². The van der Waals surface area contributed by atoms with Gasteiger partial charge in [0, 0.05) is 18.9 Å². The summed E-state index contributed by atoms with van der Waals surface area (Å²) in [6.07, 6.45) is -3.00. The fraction of sp³-hybridized carbons (Fsp3) is 0.375. The molecule has 8 heteroatoms. The highest BCUT2D eigenvalue weighted by molar-refractivity contribution is 5.87. The molecule has 8 nitrogen and oxygen atoms in total. The Labute approximate surface area is 137 Å². The van der Waals surface area contributed by atoms with Gasteiger partial charge in [-0.25, -0.2) is 9.59 Å². The molecule has 1 aliphatic carbocycles. The minimum atomic E-state index is -2.27. The number of carboxylic acids is 1. The van der Waals surface area contributed by atoms with Crippen LogP contribution in [0, 0.1) is 0 Å². The smallest absolute Gasteiger partial charge is 0.335 e. The molecular weight excluding hydrogens is 320 g/mol. The zero-order chi connectivity index (χ0) is 17.9. The first kappa shape index (κ1) is 17.9. The quantitative estimate of drug-likeness (QED) is 0.370. The van der Waals surface area contributed by atoms with Gasteiger partial charge in [-0.3, -0.25) is 0 Å². The maximum atomic E-state index is 11.8. The van der Waals surface area contributed by atoms with Crippen LogP contribution in [-0.4, -0.2) is 61.4 Å². The van der Waals surface area contributed by atoms with E-state index in [0.29, 0.717) is 5.56 Å². The molecule has 1 aromatic rings. The summed E-state index contributed by atoms with van der Waals surface area (Å²) in [5.74, 6) is -2.36. The number of benzene rings is 1. The Kier molecular flexibility index (Phi) is 5.23. The van der Waals surface area contributed by atoms with Gasteiger partial charge in [0.15, 0.2) is 5.60 Å². The number of aliphatic hydroxyl groups excluding tert-OH is 2. The second-order valence-electron chi connectivity index (χ2n) is 5.70. The molecule has 2 rings (SSSR count). The Morgan fingerprint density at radius 2 is 1.79 bits per heavy atom. The van der Waals surface area contributed by atoms with Crippen molar-refractivity contribution in [3.05, 3.63) is 35.9 Å². The molecule has 0 aromatic heterocycles. The average Bonchev–Trinajstić information content (AvgIpc) is 2.51. The lowest BCUT2D eigenvalue weighted by Gasteiger charge is -2.39. The van der Waals surface area contributed by atoms with Gasteiger partial charge in [-0.1, -0.05) is 12.1 Å². The van der Waals surface area contributed by atoms with E-state index < -0.39 is 48.7 Å². The zero-order valence-corrected chi connectivity index (χ0v) is 12.6. The molecule has 1 aromatic carbocycles. The zero-order valence-electron chi connectivity index (χ0n) is 12.6. The summed E-state index contributed by atoms with van der Waals surface area (Å²) < 4.78 is 4.96. The minimum absolute atomic E-state index is 0.0713. The number of esters is 1. The molecule has 5 N–H and O–H groups in total. The molecule has 0 heterocycles. The van der Waals surface area contributed by atoms with Crippen LogP contribution in [0.1, 0.15) is 18.4 Å². The molecule has 1 aliphatic rings. The topological polar surface area (TPSA) is 145 Å². The second kappa shape index (κ2) is 7.00. The Balaban J connectivity index is 2.03. The Morgan fingerprint density at radius 1 is 1.17 bits per heavy atom. The van der Waals surface area contributed by atoms with E-state index in [-0.39, 0.29) is 5.75 Å². The molecule has 0 radical (unpaired) electrons. The van der Waals surface area contributed by atoms with Crippen molar-refractivity contribution < 1.29 is 39.9 Å². The summed E-state index contributed by atoms with van der Waals surface area (Å²) in [5.41, 5.74) is -1.67. The number of aromatic hydroxyl groups is 1. The molecule has 0 spiro atoms. The van der Waals surface area contributed by atoms with E-state index in [1.54, 1.807) is 12.1 Å². The van der Waals surface area contributed by atoms with Crippen LogP contribution in [0.2, 0.25) is 0 Å². The fourth-order valence-electron chi connectivity index (χ4n) is 2.48. The number of rotatable bonds is 4. The summed E-state index contributed by atoms with van der Waals surface area (Å²) in [6, 6.07) is 5.97. The predicted octanol–water partition coefficient (Wildman–Crippen LogP) is -0.352. The standard InChI is InChI=1S/C16H18O8/c17-10-4-1-9(2-5-10)3-6-13(19)24-12-8-16(23,15(21)22)7-11(18)14(12)20/h1-6,11-12,14,17-18,20,23H,7-8H2,(H,21,22)/b6-3+. The summed E-state index contributed by atoms with van der Waals surface area (Å²) in [5, 5.41) is 47.6. The van der Waals surface area contributed by atoms with Crippen molar-refractivity contribution in [3.8, 4) is 5.75 Å². The van der Waals surface area contributed by atoms with E-state index in [0.717, 1.165) is 6.08 Å². The van der Waals surface area contributed by atoms with Gasteiger partial charge in [0.25, 0.3) is 0 Å². The molecule has 1 fully saturated rings. The maximum absolute atomic E-state index is 11.8. The molecule has 0 saturated heterocycles. The van der Waals surface area contributed by atoms with Gasteiger partial charge in [-0.2, -0.15) is 0 Å². The fourth-order valence-corrected chi connectivity index (χ4v) is 2.48. The third-order valence-corrected chi connectivity index (χ3v) is 3.83. The molecule has 0 amide bonds. The minimum Gasteiger partial charge on any atom is -0.508 e. The van der Waals surface area contributed by atoms with Crippen LogP contribution in [0.4, 0.5) is 0 Å². The van der Waals surface area contributed by atoms with Gasteiger partial charge in [0.1, 0.15) is 18.0 Å². The van der Waals surface area contributed by atoms with Crippen molar-refractivity contribution in [3.63, 3.8) is 0 Å². The van der Waals surface area contributed by atoms with E-state index in [9.17, 15) is 24.9 Å². The number of ether oxygens (including phenoxy) is 1. The van der Waals surface area contributed by atoms with Gasteiger partial charge < -0.3 is 30.3 Å². The largest absolute Gasteiger partial charge is 0.508 e. The van der Waals surface area contributed by atoms with Crippen molar-refractivity contribution >= 4 is 18.0 Å². The second-order valence-corrected chi connectivity index (χ2v) is 5.70. The monoisotopic (exact) mass is 338 g/mol. The third-order valence-electron chi connectivity index (χ3n) is 3.83. The highest BCUT2D eigenvalue weighted by Gasteiger charge is 2.50. The predicted molar refractivity (Wildman–Crippen MR) is 80.9 cm³/mol.